The second-order valence-corrected chi connectivity index (χ2v) is 15.3. The van der Waals surface area contributed by atoms with Crippen LogP contribution >= 0.6 is 0 Å². The lowest BCUT2D eigenvalue weighted by Gasteiger charge is -2.46. The van der Waals surface area contributed by atoms with Crippen molar-refractivity contribution in [3.05, 3.63) is 0 Å². The summed E-state index contributed by atoms with van der Waals surface area (Å²) in [6.45, 7) is 15.2. The summed E-state index contributed by atoms with van der Waals surface area (Å²) in [5.74, 6) is -4.87. The molecule has 3 rings (SSSR count). The average molecular weight is 690 g/mol. The fraction of sp³-hybridized carbons (Fsp3) is 0.943. The van der Waals surface area contributed by atoms with E-state index in [-0.39, 0.29) is 30.8 Å². The van der Waals surface area contributed by atoms with E-state index in [1.807, 2.05) is 32.8 Å². The fourth-order valence-electron chi connectivity index (χ4n) is 7.55. The molecule has 5 N–H and O–H groups in total. The van der Waals surface area contributed by atoms with Crippen LogP contribution in [0, 0.1) is 29.6 Å². The van der Waals surface area contributed by atoms with Crippen molar-refractivity contribution in [3.63, 3.8) is 0 Å². The van der Waals surface area contributed by atoms with Gasteiger partial charge < -0.3 is 54.1 Å². The SMILES string of the molecule is CC[C@H]1OC(=O)[C@H](C)[C@@H](O[C@H]2C[C@@](C)(O)[C@@H](O)[C@H](C)O2)[C@H](C)[C@@H](O[C@@H]2O[C@H](C)C[C@H](N(C)C)[C@H]2O)CC(O)[C@@H](C)C(=O)[C@H](C)[C@@H](O)[C@H]1C. The highest BCUT2D eigenvalue weighted by atomic mass is 16.7. The molecular formula is C35H63NO12. The number of ether oxygens (including phenoxy) is 5. The summed E-state index contributed by atoms with van der Waals surface area (Å²) in [6, 6.07) is -0.278. The molecule has 13 heteroatoms. The average Bonchev–Trinajstić information content (AvgIpc) is 3.02. The Balaban J connectivity index is 2.09. The van der Waals surface area contributed by atoms with Gasteiger partial charge in [0.1, 0.15) is 24.1 Å². The minimum atomic E-state index is -1.54. The molecule has 0 aromatic heterocycles. The predicted molar refractivity (Wildman–Crippen MR) is 175 cm³/mol. The molecule has 18 atom stereocenters. The van der Waals surface area contributed by atoms with Crippen LogP contribution in [0.3, 0.4) is 0 Å². The summed E-state index contributed by atoms with van der Waals surface area (Å²) < 4.78 is 31.1. The molecule has 3 aliphatic rings. The van der Waals surface area contributed by atoms with Crippen LogP contribution in [0.25, 0.3) is 0 Å². The molecule has 0 bridgehead atoms. The molecular weight excluding hydrogens is 626 g/mol. The molecule has 13 nitrogen and oxygen atoms in total. The van der Waals surface area contributed by atoms with Crippen LogP contribution in [0.4, 0.5) is 0 Å². The number of hydrogen-bond donors (Lipinski definition) is 5. The molecule has 3 fully saturated rings. The first-order valence-corrected chi connectivity index (χ1v) is 17.7. The van der Waals surface area contributed by atoms with Gasteiger partial charge in [0.25, 0.3) is 0 Å². The monoisotopic (exact) mass is 689 g/mol. The Morgan fingerprint density at radius 1 is 0.854 bits per heavy atom. The summed E-state index contributed by atoms with van der Waals surface area (Å²) in [4.78, 5) is 29.4. The standard InChI is InChI=1S/C35H63NO12/c1-12-25-18(4)29(39)20(6)28(38)17(3)24(37)14-26(47-34-30(40)23(36(10)11)13-16(2)44-34)19(5)31(21(7)33(42)46-25)48-27-15-35(9,43)32(41)22(8)45-27/h16-27,29-32,34,37,39-41,43H,12-15H2,1-11H3/t16-,17-,18+,19-,20+,21-,22+,23+,24?,25-,26+,27+,29+,30-,31+,32+,34+,35-/m1/s1. The van der Waals surface area contributed by atoms with Gasteiger partial charge in [-0.25, -0.2) is 0 Å². The molecule has 0 aliphatic carbocycles. The van der Waals surface area contributed by atoms with E-state index in [9.17, 15) is 35.1 Å². The number of cyclic esters (lactones) is 1. The Labute approximate surface area is 286 Å². The Kier molecular flexibility index (Phi) is 14.4. The van der Waals surface area contributed by atoms with Crippen LogP contribution < -0.4 is 0 Å². The van der Waals surface area contributed by atoms with E-state index in [0.29, 0.717) is 12.8 Å². The molecule has 0 aromatic carbocycles. The minimum absolute atomic E-state index is 0.0857. The Morgan fingerprint density at radius 3 is 2.04 bits per heavy atom. The third-order valence-electron chi connectivity index (χ3n) is 11.1. The molecule has 0 saturated carbocycles. The number of nitrogens with zero attached hydrogens (tertiary/aromatic N) is 1. The molecule has 280 valence electrons. The highest BCUT2D eigenvalue weighted by molar-refractivity contribution is 5.84. The lowest BCUT2D eigenvalue weighted by molar-refractivity contribution is -0.304. The Hall–Kier alpha value is -1.26. The number of aliphatic hydroxyl groups excluding tert-OH is 4. The van der Waals surface area contributed by atoms with E-state index in [4.69, 9.17) is 23.7 Å². The topological polar surface area (TPSA) is 185 Å². The number of Topliss-reactive ketones (excluding diaryl/α,β-unsaturated/α-hetero) is 1. The first-order valence-electron chi connectivity index (χ1n) is 17.7. The van der Waals surface area contributed by atoms with Crippen LogP contribution in [0.5, 0.6) is 0 Å². The van der Waals surface area contributed by atoms with Crippen LogP contribution in [-0.2, 0) is 33.3 Å². The Morgan fingerprint density at radius 2 is 1.48 bits per heavy atom. The number of likely N-dealkylation sites (N-methyl/N-ethyl adjacent to an activating group) is 1. The number of aliphatic hydroxyl groups is 5. The first kappa shape index (κ1) is 41.2. The molecule has 3 saturated heterocycles. The molecule has 0 amide bonds. The molecule has 48 heavy (non-hydrogen) atoms. The molecule has 3 heterocycles. The maximum absolute atomic E-state index is 13.9. The lowest BCUT2D eigenvalue weighted by atomic mass is 9.79. The first-order chi connectivity index (χ1) is 22.2. The zero-order chi connectivity index (χ0) is 36.4. The fourth-order valence-corrected chi connectivity index (χ4v) is 7.55. The molecule has 0 spiro atoms. The predicted octanol–water partition coefficient (Wildman–Crippen LogP) is 1.63. The molecule has 0 aromatic rings. The van der Waals surface area contributed by atoms with Crippen molar-refractivity contribution < 1.29 is 58.8 Å². The molecule has 1 unspecified atom stereocenters. The summed E-state index contributed by atoms with van der Waals surface area (Å²) in [5.41, 5.74) is -1.54. The van der Waals surface area contributed by atoms with Crippen molar-refractivity contribution in [1.82, 2.24) is 4.90 Å². The molecule has 0 radical (unpaired) electrons. The van der Waals surface area contributed by atoms with Gasteiger partial charge in [0.05, 0.1) is 48.1 Å². The van der Waals surface area contributed by atoms with E-state index in [0.717, 1.165) is 0 Å². The second kappa shape index (κ2) is 16.8. The zero-order valence-corrected chi connectivity index (χ0v) is 30.7. The number of hydrogen-bond acceptors (Lipinski definition) is 13. The maximum atomic E-state index is 13.9. The number of esters is 1. The van der Waals surface area contributed by atoms with Crippen LogP contribution in [0.15, 0.2) is 0 Å². The number of carbonyl (C=O) groups is 2. The number of rotatable bonds is 6. The van der Waals surface area contributed by atoms with Crippen molar-refractivity contribution in [2.75, 3.05) is 14.1 Å². The van der Waals surface area contributed by atoms with Crippen molar-refractivity contribution >= 4 is 11.8 Å². The van der Waals surface area contributed by atoms with Gasteiger partial charge in [-0.15, -0.1) is 0 Å². The van der Waals surface area contributed by atoms with Crippen molar-refractivity contribution in [2.24, 2.45) is 29.6 Å². The minimum Gasteiger partial charge on any atom is -0.462 e. The van der Waals surface area contributed by atoms with E-state index in [1.165, 1.54) is 6.92 Å². The quantitative estimate of drug-likeness (QED) is 0.254. The third-order valence-corrected chi connectivity index (χ3v) is 11.1. The zero-order valence-electron chi connectivity index (χ0n) is 30.7. The van der Waals surface area contributed by atoms with Gasteiger partial charge in [-0.2, -0.15) is 0 Å². The largest absolute Gasteiger partial charge is 0.462 e. The van der Waals surface area contributed by atoms with E-state index >= 15 is 0 Å². The Bertz CT molecular complexity index is 1060. The van der Waals surface area contributed by atoms with Crippen LogP contribution in [0.2, 0.25) is 0 Å². The maximum Gasteiger partial charge on any atom is 0.311 e. The number of ketones is 1. The van der Waals surface area contributed by atoms with E-state index in [1.54, 1.807) is 41.5 Å². The van der Waals surface area contributed by atoms with Crippen molar-refractivity contribution in [3.8, 4) is 0 Å². The van der Waals surface area contributed by atoms with Gasteiger partial charge in [0.15, 0.2) is 12.6 Å². The smallest absolute Gasteiger partial charge is 0.311 e. The van der Waals surface area contributed by atoms with Gasteiger partial charge in [-0.3, -0.25) is 9.59 Å². The van der Waals surface area contributed by atoms with E-state index < -0.39 is 103 Å². The molecule has 3 aliphatic heterocycles. The van der Waals surface area contributed by atoms with Gasteiger partial charge in [0.2, 0.25) is 0 Å². The van der Waals surface area contributed by atoms with Crippen LogP contribution in [-0.4, -0.2) is 135 Å². The second-order valence-electron chi connectivity index (χ2n) is 15.3. The van der Waals surface area contributed by atoms with Crippen molar-refractivity contribution in [1.29, 1.82) is 0 Å². The van der Waals surface area contributed by atoms with Gasteiger partial charge in [0, 0.05) is 42.6 Å². The lowest BCUT2D eigenvalue weighted by Crippen LogP contribution is -2.57. The highest BCUT2D eigenvalue weighted by Crippen LogP contribution is 2.37. The summed E-state index contributed by atoms with van der Waals surface area (Å²) >= 11 is 0. The summed E-state index contributed by atoms with van der Waals surface area (Å²) in [7, 11) is 3.72. The third kappa shape index (κ3) is 9.34. The van der Waals surface area contributed by atoms with Crippen molar-refractivity contribution in [2.45, 2.75) is 167 Å². The highest BCUT2D eigenvalue weighted by Gasteiger charge is 2.48. The van der Waals surface area contributed by atoms with Gasteiger partial charge in [-0.05, 0) is 54.6 Å². The normalized spacial score (nSPS) is 49.0. The van der Waals surface area contributed by atoms with Gasteiger partial charge in [-0.1, -0.05) is 34.6 Å². The van der Waals surface area contributed by atoms with Crippen LogP contribution in [0.1, 0.15) is 88.0 Å². The van der Waals surface area contributed by atoms with Gasteiger partial charge >= 0.3 is 5.97 Å². The van der Waals surface area contributed by atoms with E-state index in [2.05, 4.69) is 0 Å². The number of carbonyl (C=O) groups excluding carboxylic acids is 2. The summed E-state index contributed by atoms with van der Waals surface area (Å²) in [6.07, 6.45) is -9.55. The summed E-state index contributed by atoms with van der Waals surface area (Å²) in [5, 5.41) is 55.6.